The summed E-state index contributed by atoms with van der Waals surface area (Å²) in [6.07, 6.45) is 3.25. The van der Waals surface area contributed by atoms with E-state index < -0.39 is 0 Å². The monoisotopic (exact) mass is 283 g/mol. The Labute approximate surface area is 120 Å². The molecule has 8 heteroatoms. The van der Waals surface area contributed by atoms with Gasteiger partial charge >= 0.3 is 0 Å². The van der Waals surface area contributed by atoms with E-state index in [2.05, 4.69) is 36.0 Å². The molecule has 0 amide bonds. The Morgan fingerprint density at radius 2 is 2.19 bits per heavy atom. The summed E-state index contributed by atoms with van der Waals surface area (Å²) in [6.45, 7) is 2.34. The molecule has 0 saturated heterocycles. The van der Waals surface area contributed by atoms with Crippen LogP contribution in [0.15, 0.2) is 41.2 Å². The Morgan fingerprint density at radius 3 is 2.95 bits per heavy atom. The Balaban J connectivity index is 1.65. The van der Waals surface area contributed by atoms with Gasteiger partial charge in [-0.15, -0.1) is 5.10 Å². The van der Waals surface area contributed by atoms with Crippen molar-refractivity contribution in [1.82, 2.24) is 25.3 Å². The number of rotatable bonds is 5. The Kier molecular flexibility index (Phi) is 3.68. The standard InChI is InChI=1S/C13H13N7O/c1-9-6-11(20-21-9)17-12-8-16-19-13(18-12)15-7-10-4-2-3-5-14-10/h2-6,8H,7H2,1H3,(H2,15,17,18,19,20). The number of nitrogens with zero attached hydrogens (tertiary/aromatic N) is 5. The Morgan fingerprint density at radius 1 is 1.24 bits per heavy atom. The van der Waals surface area contributed by atoms with Crippen molar-refractivity contribution in [3.05, 3.63) is 48.1 Å². The lowest BCUT2D eigenvalue weighted by Crippen LogP contribution is -2.07. The number of pyridine rings is 1. The van der Waals surface area contributed by atoms with Crippen LogP contribution in [0.2, 0.25) is 0 Å². The molecule has 2 N–H and O–H groups in total. The van der Waals surface area contributed by atoms with Crippen molar-refractivity contribution in [3.8, 4) is 0 Å². The van der Waals surface area contributed by atoms with Gasteiger partial charge in [0.05, 0.1) is 18.4 Å². The predicted octanol–water partition coefficient (Wildman–Crippen LogP) is 1.92. The van der Waals surface area contributed by atoms with Gasteiger partial charge in [-0.2, -0.15) is 10.1 Å². The molecular weight excluding hydrogens is 270 g/mol. The van der Waals surface area contributed by atoms with Crippen molar-refractivity contribution < 1.29 is 4.52 Å². The van der Waals surface area contributed by atoms with E-state index in [1.807, 2.05) is 25.1 Å². The first-order chi connectivity index (χ1) is 10.3. The zero-order chi connectivity index (χ0) is 14.5. The average molecular weight is 283 g/mol. The van der Waals surface area contributed by atoms with Gasteiger partial charge in [-0.25, -0.2) is 0 Å². The van der Waals surface area contributed by atoms with Gasteiger partial charge in [0.25, 0.3) is 0 Å². The molecule has 21 heavy (non-hydrogen) atoms. The molecule has 3 rings (SSSR count). The molecule has 3 heterocycles. The zero-order valence-electron chi connectivity index (χ0n) is 11.3. The SMILES string of the molecule is Cc1cc(Nc2cnnc(NCc3ccccn3)n2)no1. The summed E-state index contributed by atoms with van der Waals surface area (Å²) in [5.74, 6) is 2.23. The molecule has 0 atom stereocenters. The van der Waals surface area contributed by atoms with Crippen molar-refractivity contribution in [2.24, 2.45) is 0 Å². The summed E-state index contributed by atoms with van der Waals surface area (Å²) < 4.78 is 4.97. The molecule has 0 aliphatic heterocycles. The van der Waals surface area contributed by atoms with Gasteiger partial charge < -0.3 is 15.2 Å². The van der Waals surface area contributed by atoms with Gasteiger partial charge in [-0.05, 0) is 19.1 Å². The largest absolute Gasteiger partial charge is 0.360 e. The smallest absolute Gasteiger partial charge is 0.245 e. The third-order valence-corrected chi connectivity index (χ3v) is 2.60. The normalized spacial score (nSPS) is 10.3. The van der Waals surface area contributed by atoms with Crippen molar-refractivity contribution in [3.63, 3.8) is 0 Å². The molecule has 0 aliphatic rings. The minimum absolute atomic E-state index is 0.408. The number of aromatic nitrogens is 5. The maximum Gasteiger partial charge on any atom is 0.245 e. The lowest BCUT2D eigenvalue weighted by Gasteiger charge is -2.05. The number of hydrogen-bond donors (Lipinski definition) is 2. The molecule has 0 saturated carbocycles. The molecule has 0 aromatic carbocycles. The van der Waals surface area contributed by atoms with E-state index in [1.54, 1.807) is 12.3 Å². The summed E-state index contributed by atoms with van der Waals surface area (Å²) in [6, 6.07) is 7.48. The summed E-state index contributed by atoms with van der Waals surface area (Å²) in [7, 11) is 0. The highest BCUT2D eigenvalue weighted by molar-refractivity contribution is 5.51. The van der Waals surface area contributed by atoms with Crippen molar-refractivity contribution in [2.75, 3.05) is 10.6 Å². The van der Waals surface area contributed by atoms with Gasteiger partial charge in [-0.1, -0.05) is 11.2 Å². The van der Waals surface area contributed by atoms with Gasteiger partial charge in [0.15, 0.2) is 11.6 Å². The lowest BCUT2D eigenvalue weighted by molar-refractivity contribution is 0.400. The third-order valence-electron chi connectivity index (χ3n) is 2.60. The van der Waals surface area contributed by atoms with E-state index in [0.717, 1.165) is 5.69 Å². The van der Waals surface area contributed by atoms with Crippen LogP contribution >= 0.6 is 0 Å². The van der Waals surface area contributed by atoms with Crippen LogP contribution in [0.25, 0.3) is 0 Å². The first kappa shape index (κ1) is 13.0. The van der Waals surface area contributed by atoms with Crippen LogP contribution < -0.4 is 10.6 Å². The molecule has 8 nitrogen and oxygen atoms in total. The summed E-state index contributed by atoms with van der Waals surface area (Å²) in [5.41, 5.74) is 0.895. The molecule has 0 bridgehead atoms. The van der Waals surface area contributed by atoms with Crippen molar-refractivity contribution in [2.45, 2.75) is 13.5 Å². The second-order valence-corrected chi connectivity index (χ2v) is 4.29. The number of hydrogen-bond acceptors (Lipinski definition) is 8. The van der Waals surface area contributed by atoms with Gasteiger partial charge in [0, 0.05) is 12.3 Å². The Bertz CT molecular complexity index is 713. The highest BCUT2D eigenvalue weighted by Crippen LogP contribution is 2.14. The van der Waals surface area contributed by atoms with Crippen LogP contribution in [0.5, 0.6) is 0 Å². The minimum Gasteiger partial charge on any atom is -0.360 e. The fraction of sp³-hybridized carbons (Fsp3) is 0.154. The third kappa shape index (κ3) is 3.50. The topological polar surface area (TPSA) is 102 Å². The lowest BCUT2D eigenvalue weighted by atomic mass is 10.3. The predicted molar refractivity (Wildman–Crippen MR) is 75.9 cm³/mol. The second-order valence-electron chi connectivity index (χ2n) is 4.29. The molecule has 0 radical (unpaired) electrons. The Hall–Kier alpha value is -3.03. The number of aryl methyl sites for hydroxylation is 1. The maximum atomic E-state index is 4.97. The minimum atomic E-state index is 0.408. The van der Waals surface area contributed by atoms with E-state index in [-0.39, 0.29) is 0 Å². The first-order valence-corrected chi connectivity index (χ1v) is 6.33. The zero-order valence-corrected chi connectivity index (χ0v) is 11.3. The van der Waals surface area contributed by atoms with Crippen LogP contribution in [0, 0.1) is 6.92 Å². The van der Waals surface area contributed by atoms with Crippen LogP contribution in [0.1, 0.15) is 11.5 Å². The van der Waals surface area contributed by atoms with E-state index in [1.165, 1.54) is 6.20 Å². The highest BCUT2D eigenvalue weighted by atomic mass is 16.5. The molecule has 3 aromatic heterocycles. The summed E-state index contributed by atoms with van der Waals surface area (Å²) in [4.78, 5) is 8.50. The fourth-order valence-electron chi connectivity index (χ4n) is 1.67. The van der Waals surface area contributed by atoms with E-state index in [0.29, 0.717) is 29.9 Å². The van der Waals surface area contributed by atoms with Crippen molar-refractivity contribution in [1.29, 1.82) is 0 Å². The van der Waals surface area contributed by atoms with Crippen molar-refractivity contribution >= 4 is 17.6 Å². The molecule has 0 unspecified atom stereocenters. The van der Waals surface area contributed by atoms with E-state index in [9.17, 15) is 0 Å². The first-order valence-electron chi connectivity index (χ1n) is 6.33. The fourth-order valence-corrected chi connectivity index (χ4v) is 1.67. The van der Waals surface area contributed by atoms with Crippen LogP contribution in [0.3, 0.4) is 0 Å². The average Bonchev–Trinajstić information content (AvgIpc) is 2.92. The van der Waals surface area contributed by atoms with E-state index in [4.69, 9.17) is 4.52 Å². The summed E-state index contributed by atoms with van der Waals surface area (Å²) >= 11 is 0. The van der Waals surface area contributed by atoms with Crippen LogP contribution in [-0.2, 0) is 6.54 Å². The molecule has 0 aliphatic carbocycles. The van der Waals surface area contributed by atoms with Gasteiger partial charge in [0.2, 0.25) is 5.95 Å². The van der Waals surface area contributed by atoms with E-state index >= 15 is 0 Å². The van der Waals surface area contributed by atoms with Crippen LogP contribution in [0.4, 0.5) is 17.6 Å². The number of anilines is 3. The molecule has 0 fully saturated rings. The molecule has 106 valence electrons. The second kappa shape index (κ2) is 5.95. The summed E-state index contributed by atoms with van der Waals surface area (Å²) in [5, 5.41) is 17.7. The molecule has 0 spiro atoms. The molecule has 3 aromatic rings. The number of nitrogens with one attached hydrogen (secondary N) is 2. The van der Waals surface area contributed by atoms with Gasteiger partial charge in [0.1, 0.15) is 5.76 Å². The quantitative estimate of drug-likeness (QED) is 0.732. The maximum absolute atomic E-state index is 4.97. The van der Waals surface area contributed by atoms with Gasteiger partial charge in [-0.3, -0.25) is 4.98 Å². The highest BCUT2D eigenvalue weighted by Gasteiger charge is 2.04. The van der Waals surface area contributed by atoms with Crippen LogP contribution in [-0.4, -0.2) is 25.3 Å². The molecular formula is C13H13N7O.